The number of rotatable bonds is 13. The van der Waals surface area contributed by atoms with Gasteiger partial charge in [-0.25, -0.2) is 35.9 Å². The van der Waals surface area contributed by atoms with Gasteiger partial charge in [0.2, 0.25) is 0 Å². The molecule has 8 nitrogen and oxygen atoms in total. The second-order valence-electron chi connectivity index (χ2n) is 9.88. The van der Waals surface area contributed by atoms with Crippen molar-refractivity contribution < 1.29 is 30.8 Å². The summed E-state index contributed by atoms with van der Waals surface area (Å²) in [5, 5.41) is 6.44. The van der Waals surface area contributed by atoms with E-state index in [-0.39, 0.29) is 29.1 Å². The van der Waals surface area contributed by atoms with E-state index in [0.717, 1.165) is 12.3 Å². The number of ether oxygens (including phenoxy) is 1. The fourth-order valence-electron chi connectivity index (χ4n) is 3.58. The molecular weight excluding hydrogens is 621 g/mol. The van der Waals surface area contributed by atoms with E-state index in [1.165, 1.54) is 12.1 Å². The van der Waals surface area contributed by atoms with Crippen LogP contribution in [0.2, 0.25) is 0 Å². The van der Waals surface area contributed by atoms with Crippen LogP contribution in [-0.4, -0.2) is 70.4 Å². The van der Waals surface area contributed by atoms with Crippen LogP contribution in [0.15, 0.2) is 50.5 Å². The van der Waals surface area contributed by atoms with Crippen LogP contribution in [0.5, 0.6) is 0 Å². The van der Waals surface area contributed by atoms with Crippen molar-refractivity contribution in [3.05, 3.63) is 69.6 Å². The fourth-order valence-corrected chi connectivity index (χ4v) is 6.19. The first-order valence-corrected chi connectivity index (χ1v) is 17.0. The SMILES string of the molecule is CN(C)Cc1cccc(F)c1CNc1cc(F)c(S(=O)(=O)N(COCCS(C)(C)C)c2ccon2)c(F)c1Br. The van der Waals surface area contributed by atoms with Crippen molar-refractivity contribution in [2.24, 2.45) is 0 Å². The highest BCUT2D eigenvalue weighted by molar-refractivity contribution is 9.10. The Kier molecular flexibility index (Phi) is 10.4. The molecule has 1 aromatic heterocycles. The number of hydrogen-bond acceptors (Lipinski definition) is 7. The standard InChI is InChI=1S/C25H32BrF3N4O4S2/c1-32(2)15-17-7-6-8-19(27)18(17)14-30-21-13-20(28)25(24(29)23(21)26)39(34,35)33(22-9-10-37-31-22)16-36-11-12-38(3,4)5/h6-10,13,30H,11-12,14-16H2,1-5H3. The lowest BCUT2D eigenvalue weighted by molar-refractivity contribution is 0.158. The third kappa shape index (κ3) is 7.91. The van der Waals surface area contributed by atoms with Gasteiger partial charge in [-0.05, 0) is 66.5 Å². The first-order valence-electron chi connectivity index (χ1n) is 11.7. The van der Waals surface area contributed by atoms with Crippen LogP contribution in [0.25, 0.3) is 0 Å². The van der Waals surface area contributed by atoms with Crippen LogP contribution in [0.1, 0.15) is 11.1 Å². The van der Waals surface area contributed by atoms with Gasteiger partial charge in [0.05, 0.1) is 16.8 Å². The van der Waals surface area contributed by atoms with E-state index in [1.807, 2.05) is 19.0 Å². The molecule has 0 aliphatic heterocycles. The number of sulfonamides is 1. The molecule has 1 heterocycles. The first-order chi connectivity index (χ1) is 18.2. The molecule has 0 amide bonds. The Bertz CT molecular complexity index is 1380. The average molecular weight is 654 g/mol. The van der Waals surface area contributed by atoms with Gasteiger partial charge in [0, 0.05) is 30.5 Å². The van der Waals surface area contributed by atoms with Crippen LogP contribution in [0.4, 0.5) is 24.7 Å². The summed E-state index contributed by atoms with van der Waals surface area (Å²) >= 11 is 3.04. The molecule has 0 saturated heterocycles. The number of anilines is 2. The van der Waals surface area contributed by atoms with E-state index in [2.05, 4.69) is 45.2 Å². The van der Waals surface area contributed by atoms with Gasteiger partial charge in [-0.3, -0.25) is 0 Å². The lowest BCUT2D eigenvalue weighted by Crippen LogP contribution is -2.35. The Labute approximate surface area is 237 Å². The van der Waals surface area contributed by atoms with Gasteiger partial charge in [0.1, 0.15) is 24.6 Å². The van der Waals surface area contributed by atoms with Gasteiger partial charge in [-0.15, -0.1) is 0 Å². The fraction of sp³-hybridized carbons (Fsp3) is 0.400. The highest BCUT2D eigenvalue weighted by Crippen LogP contribution is 2.36. The lowest BCUT2D eigenvalue weighted by atomic mass is 10.1. The lowest BCUT2D eigenvalue weighted by Gasteiger charge is -2.26. The van der Waals surface area contributed by atoms with Gasteiger partial charge in [-0.1, -0.05) is 17.3 Å². The van der Waals surface area contributed by atoms with Crippen molar-refractivity contribution in [3.8, 4) is 0 Å². The largest absolute Gasteiger partial charge is 0.380 e. The van der Waals surface area contributed by atoms with Gasteiger partial charge in [0.25, 0.3) is 10.0 Å². The summed E-state index contributed by atoms with van der Waals surface area (Å²) in [6.07, 6.45) is 7.38. The summed E-state index contributed by atoms with van der Waals surface area (Å²) < 4.78 is 83.0. The molecule has 0 aliphatic rings. The van der Waals surface area contributed by atoms with Gasteiger partial charge in [0.15, 0.2) is 16.5 Å². The molecule has 0 bridgehead atoms. The number of nitrogens with one attached hydrogen (secondary N) is 1. The molecule has 216 valence electrons. The first kappa shape index (κ1) is 31.3. The number of benzene rings is 2. The molecular formula is C25H32BrF3N4O4S2. The Morgan fingerprint density at radius 2 is 1.82 bits per heavy atom. The number of nitrogens with zero attached hydrogens (tertiary/aromatic N) is 3. The Morgan fingerprint density at radius 1 is 1.10 bits per heavy atom. The summed E-state index contributed by atoms with van der Waals surface area (Å²) in [6, 6.07) is 6.73. The molecule has 3 aromatic rings. The van der Waals surface area contributed by atoms with Crippen molar-refractivity contribution in [3.63, 3.8) is 0 Å². The Hall–Kier alpha value is -2.26. The quantitative estimate of drug-likeness (QED) is 0.150. The van der Waals surface area contributed by atoms with Crippen molar-refractivity contribution >= 4 is 47.5 Å². The van der Waals surface area contributed by atoms with Gasteiger partial charge >= 0.3 is 0 Å². The summed E-state index contributed by atoms with van der Waals surface area (Å²) in [7, 11) is -2.06. The normalized spacial score (nSPS) is 12.7. The van der Waals surface area contributed by atoms with Crippen LogP contribution in [0, 0.1) is 17.5 Å². The van der Waals surface area contributed by atoms with E-state index in [4.69, 9.17) is 9.26 Å². The van der Waals surface area contributed by atoms with E-state index in [1.54, 1.807) is 12.1 Å². The molecule has 2 aromatic carbocycles. The van der Waals surface area contributed by atoms with Gasteiger partial charge in [-0.2, -0.15) is 0 Å². The molecule has 0 unspecified atom stereocenters. The molecule has 0 radical (unpaired) electrons. The smallest absolute Gasteiger partial charge is 0.273 e. The zero-order valence-electron chi connectivity index (χ0n) is 22.3. The molecule has 0 atom stereocenters. The van der Waals surface area contributed by atoms with E-state index < -0.39 is 49.1 Å². The zero-order chi connectivity index (χ0) is 29.0. The van der Waals surface area contributed by atoms with Crippen molar-refractivity contribution in [2.75, 3.05) is 61.6 Å². The van der Waals surface area contributed by atoms with Crippen LogP contribution < -0.4 is 9.62 Å². The van der Waals surface area contributed by atoms with Crippen LogP contribution >= 0.6 is 26.0 Å². The maximum Gasteiger partial charge on any atom is 0.273 e. The molecule has 1 N–H and O–H groups in total. The second kappa shape index (κ2) is 12.9. The second-order valence-corrected chi connectivity index (χ2v) is 17.1. The van der Waals surface area contributed by atoms with E-state index in [0.29, 0.717) is 27.7 Å². The van der Waals surface area contributed by atoms with E-state index >= 15 is 8.78 Å². The molecule has 3 rings (SSSR count). The highest BCUT2D eigenvalue weighted by atomic mass is 79.9. The maximum atomic E-state index is 15.5. The highest BCUT2D eigenvalue weighted by Gasteiger charge is 2.35. The molecule has 0 spiro atoms. The predicted octanol–water partition coefficient (Wildman–Crippen LogP) is 5.39. The summed E-state index contributed by atoms with van der Waals surface area (Å²) in [5.41, 5.74) is 0.933. The minimum Gasteiger partial charge on any atom is -0.380 e. The third-order valence-corrected chi connectivity index (χ3v) is 9.48. The number of halogens is 4. The van der Waals surface area contributed by atoms with Crippen molar-refractivity contribution in [2.45, 2.75) is 18.0 Å². The molecule has 39 heavy (non-hydrogen) atoms. The number of hydrogen-bond donors (Lipinski definition) is 1. The topological polar surface area (TPSA) is 87.9 Å². The summed E-state index contributed by atoms with van der Waals surface area (Å²) in [5.74, 6) is -2.66. The van der Waals surface area contributed by atoms with Crippen LogP contribution in [-0.2, 0) is 27.8 Å². The minimum atomic E-state index is -4.82. The van der Waals surface area contributed by atoms with Crippen molar-refractivity contribution in [1.82, 2.24) is 10.1 Å². The van der Waals surface area contributed by atoms with E-state index in [9.17, 15) is 12.8 Å². The summed E-state index contributed by atoms with van der Waals surface area (Å²) in [6.45, 7) is 0.0792. The Balaban J connectivity index is 1.91. The molecule has 0 fully saturated rings. The maximum absolute atomic E-state index is 15.5. The van der Waals surface area contributed by atoms with Crippen molar-refractivity contribution in [1.29, 1.82) is 0 Å². The minimum absolute atomic E-state index is 0.0830. The number of aromatic nitrogens is 1. The predicted molar refractivity (Wildman–Crippen MR) is 152 cm³/mol. The zero-order valence-corrected chi connectivity index (χ0v) is 25.5. The average Bonchev–Trinajstić information content (AvgIpc) is 3.34. The molecule has 0 saturated carbocycles. The third-order valence-electron chi connectivity index (χ3n) is 5.55. The summed E-state index contributed by atoms with van der Waals surface area (Å²) in [4.78, 5) is 0.675. The molecule has 0 aliphatic carbocycles. The molecule has 14 heteroatoms. The van der Waals surface area contributed by atoms with Crippen LogP contribution in [0.3, 0.4) is 0 Å². The Morgan fingerprint density at radius 3 is 2.44 bits per heavy atom. The van der Waals surface area contributed by atoms with Gasteiger partial charge < -0.3 is 19.5 Å². The monoisotopic (exact) mass is 652 g/mol.